The first kappa shape index (κ1) is 19.3. The molecule has 3 nitrogen and oxygen atoms in total. The van der Waals surface area contributed by atoms with E-state index < -0.39 is 7.26 Å². The summed E-state index contributed by atoms with van der Waals surface area (Å²) < 4.78 is 17.4. The summed E-state index contributed by atoms with van der Waals surface area (Å²) in [4.78, 5) is 0. The molecule has 0 aliphatic heterocycles. The topological polar surface area (TPSA) is 27.7 Å². The Kier molecular flexibility index (Phi) is 6.03. The molecule has 3 aromatic carbocycles. The maximum atomic E-state index is 5.79. The maximum Gasteiger partial charge on any atom is 0.161 e. The van der Waals surface area contributed by atoms with Crippen LogP contribution in [0, 0.1) is 0 Å². The second-order valence-electron chi connectivity index (χ2n) is 6.14. The van der Waals surface area contributed by atoms with Gasteiger partial charge in [0.05, 0.1) is 27.5 Å². The van der Waals surface area contributed by atoms with Crippen LogP contribution in [-0.4, -0.2) is 27.5 Å². The summed E-state index contributed by atoms with van der Waals surface area (Å²) in [6, 6.07) is 24.9. The van der Waals surface area contributed by atoms with Gasteiger partial charge in [-0.15, -0.1) is 0 Å². The van der Waals surface area contributed by atoms with Crippen LogP contribution in [0.2, 0.25) is 0 Å². The monoisotopic (exact) mass is 381 g/mol. The first-order valence-electron chi connectivity index (χ1n) is 9.01. The number of hydrogen-bond acceptors (Lipinski definition) is 3. The van der Waals surface area contributed by atoms with Crippen molar-refractivity contribution in [1.82, 2.24) is 0 Å². The Hall–Kier alpha value is -2.51. The van der Waals surface area contributed by atoms with Gasteiger partial charge in [-0.3, -0.25) is 0 Å². The van der Waals surface area contributed by atoms with Crippen LogP contribution < -0.4 is 30.1 Å². The molecule has 0 N–H and O–H groups in total. The van der Waals surface area contributed by atoms with Crippen LogP contribution in [0.25, 0.3) is 0 Å². The van der Waals surface area contributed by atoms with E-state index in [0.29, 0.717) is 0 Å². The molecule has 0 atom stereocenters. The second kappa shape index (κ2) is 8.45. The van der Waals surface area contributed by atoms with Crippen molar-refractivity contribution in [1.29, 1.82) is 0 Å². The van der Waals surface area contributed by atoms with Crippen molar-refractivity contribution in [2.24, 2.45) is 0 Å². The van der Waals surface area contributed by atoms with Crippen LogP contribution >= 0.6 is 7.26 Å². The molecular weight excluding hydrogens is 355 g/mol. The van der Waals surface area contributed by atoms with Crippen molar-refractivity contribution >= 4 is 23.2 Å². The minimum absolute atomic E-state index is 0.893. The van der Waals surface area contributed by atoms with Crippen molar-refractivity contribution in [3.63, 3.8) is 0 Å². The van der Waals surface area contributed by atoms with Crippen molar-refractivity contribution < 1.29 is 14.2 Å². The number of methoxy groups -OCH3 is 3. The van der Waals surface area contributed by atoms with E-state index in [1.54, 1.807) is 21.3 Å². The van der Waals surface area contributed by atoms with Crippen LogP contribution in [0.5, 0.6) is 17.2 Å². The standard InChI is InChI=1S/C23H26O3P/c1-5-27(21-15-9-6-12-18(21)24-2,22-16-10-7-13-19(22)25-3)23-17-11-8-14-20(23)26-4/h6-17H,5H2,1-4H3/q+1. The molecule has 0 bridgehead atoms. The zero-order valence-electron chi connectivity index (χ0n) is 16.3. The molecule has 0 spiro atoms. The van der Waals surface area contributed by atoms with Crippen molar-refractivity contribution in [3.05, 3.63) is 72.8 Å². The number of ether oxygens (including phenoxy) is 3. The normalized spacial score (nSPS) is 11.1. The van der Waals surface area contributed by atoms with Gasteiger partial charge in [0.15, 0.2) is 17.2 Å². The fraction of sp³-hybridized carbons (Fsp3) is 0.217. The third-order valence-corrected chi connectivity index (χ3v) is 9.49. The maximum absolute atomic E-state index is 5.79. The van der Waals surface area contributed by atoms with Crippen LogP contribution in [0.4, 0.5) is 0 Å². The van der Waals surface area contributed by atoms with Crippen molar-refractivity contribution in [2.45, 2.75) is 6.92 Å². The Morgan fingerprint density at radius 3 is 1.11 bits per heavy atom. The van der Waals surface area contributed by atoms with E-state index in [2.05, 4.69) is 43.3 Å². The van der Waals surface area contributed by atoms with Crippen molar-refractivity contribution in [2.75, 3.05) is 27.5 Å². The van der Waals surface area contributed by atoms with Crippen LogP contribution in [0.3, 0.4) is 0 Å². The van der Waals surface area contributed by atoms with E-state index in [1.807, 2.05) is 36.4 Å². The number of hydrogen-bond donors (Lipinski definition) is 0. The van der Waals surface area contributed by atoms with E-state index in [9.17, 15) is 0 Å². The summed E-state index contributed by atoms with van der Waals surface area (Å²) >= 11 is 0. The molecule has 0 unspecified atom stereocenters. The lowest BCUT2D eigenvalue weighted by atomic mass is 10.3. The fourth-order valence-corrected chi connectivity index (χ4v) is 8.18. The predicted molar refractivity (Wildman–Crippen MR) is 115 cm³/mol. The largest absolute Gasteiger partial charge is 0.493 e. The molecule has 0 aromatic heterocycles. The molecule has 0 saturated carbocycles. The highest BCUT2D eigenvalue weighted by atomic mass is 31.2. The summed E-state index contributed by atoms with van der Waals surface area (Å²) in [6.07, 6.45) is 0.925. The van der Waals surface area contributed by atoms with Gasteiger partial charge in [0.2, 0.25) is 0 Å². The van der Waals surface area contributed by atoms with E-state index in [4.69, 9.17) is 14.2 Å². The first-order valence-corrected chi connectivity index (χ1v) is 11.0. The Morgan fingerprint density at radius 1 is 0.556 bits per heavy atom. The molecule has 0 fully saturated rings. The highest BCUT2D eigenvalue weighted by molar-refractivity contribution is 7.96. The lowest BCUT2D eigenvalue weighted by Crippen LogP contribution is -2.35. The molecule has 140 valence electrons. The highest BCUT2D eigenvalue weighted by Gasteiger charge is 2.49. The summed E-state index contributed by atoms with van der Waals surface area (Å²) in [5.74, 6) is 2.68. The molecule has 3 aromatic rings. The predicted octanol–water partition coefficient (Wildman–Crippen LogP) is 4.03. The van der Waals surface area contributed by atoms with Gasteiger partial charge in [-0.1, -0.05) is 36.4 Å². The Labute approximate surface area is 162 Å². The third kappa shape index (κ3) is 3.28. The zero-order valence-corrected chi connectivity index (χ0v) is 17.2. The zero-order chi connectivity index (χ0) is 19.3. The van der Waals surface area contributed by atoms with Gasteiger partial charge in [0.25, 0.3) is 0 Å². The van der Waals surface area contributed by atoms with Gasteiger partial charge in [-0.05, 0) is 43.3 Å². The Bertz CT molecular complexity index is 792. The lowest BCUT2D eigenvalue weighted by molar-refractivity contribution is 0.416. The van der Waals surface area contributed by atoms with Gasteiger partial charge in [0.1, 0.15) is 23.2 Å². The summed E-state index contributed by atoms with van der Waals surface area (Å²) in [7, 11) is 3.12. The second-order valence-corrected chi connectivity index (χ2v) is 9.84. The number of para-hydroxylation sites is 3. The van der Waals surface area contributed by atoms with Gasteiger partial charge in [-0.25, -0.2) is 0 Å². The summed E-state index contributed by atoms with van der Waals surface area (Å²) in [5.41, 5.74) is 0. The molecule has 0 aliphatic carbocycles. The Morgan fingerprint density at radius 2 is 0.852 bits per heavy atom. The molecule has 0 amide bonds. The van der Waals surface area contributed by atoms with E-state index in [0.717, 1.165) is 23.4 Å². The summed E-state index contributed by atoms with van der Waals surface area (Å²) in [6.45, 7) is 2.24. The number of benzene rings is 3. The summed E-state index contributed by atoms with van der Waals surface area (Å²) in [5, 5.41) is 3.59. The molecule has 0 saturated heterocycles. The quantitative estimate of drug-likeness (QED) is 0.579. The molecule has 0 aliphatic rings. The van der Waals surface area contributed by atoms with Crippen LogP contribution in [-0.2, 0) is 0 Å². The van der Waals surface area contributed by atoms with Crippen LogP contribution in [0.15, 0.2) is 72.8 Å². The smallest absolute Gasteiger partial charge is 0.161 e. The van der Waals surface area contributed by atoms with Gasteiger partial charge >= 0.3 is 0 Å². The van der Waals surface area contributed by atoms with E-state index in [-0.39, 0.29) is 0 Å². The SMILES string of the molecule is CC[P+](c1ccccc1OC)(c1ccccc1OC)c1ccccc1OC. The molecule has 3 rings (SSSR count). The van der Waals surface area contributed by atoms with Gasteiger partial charge < -0.3 is 14.2 Å². The average Bonchev–Trinajstić information content (AvgIpc) is 2.75. The molecule has 27 heavy (non-hydrogen) atoms. The van der Waals surface area contributed by atoms with Crippen LogP contribution in [0.1, 0.15) is 6.92 Å². The minimum Gasteiger partial charge on any atom is -0.493 e. The van der Waals surface area contributed by atoms with E-state index in [1.165, 1.54) is 15.9 Å². The third-order valence-electron chi connectivity index (χ3n) is 4.96. The average molecular weight is 381 g/mol. The number of rotatable bonds is 7. The van der Waals surface area contributed by atoms with Gasteiger partial charge in [0, 0.05) is 0 Å². The van der Waals surface area contributed by atoms with Gasteiger partial charge in [-0.2, -0.15) is 0 Å². The van der Waals surface area contributed by atoms with E-state index >= 15 is 0 Å². The molecular formula is C23H26O3P+. The Balaban J connectivity index is 2.45. The molecule has 0 radical (unpaired) electrons. The van der Waals surface area contributed by atoms with Crippen molar-refractivity contribution in [3.8, 4) is 17.2 Å². The minimum atomic E-state index is -2.07. The highest BCUT2D eigenvalue weighted by Crippen LogP contribution is 2.60. The lowest BCUT2D eigenvalue weighted by Gasteiger charge is -2.29. The first-order chi connectivity index (χ1) is 13.2. The molecule has 4 heteroatoms. The fourth-order valence-electron chi connectivity index (χ4n) is 3.74. The molecule has 0 heterocycles.